The highest BCUT2D eigenvalue weighted by Gasteiger charge is 2.12. The number of aromatic nitrogens is 2. The van der Waals surface area contributed by atoms with Gasteiger partial charge in [0.1, 0.15) is 15.8 Å². The topological polar surface area (TPSA) is 37.8 Å². The highest BCUT2D eigenvalue weighted by atomic mass is 32.1. The maximum Gasteiger partial charge on any atom is 0.147 e. The number of aryl methyl sites for hydroxylation is 1. The first-order valence-electron chi connectivity index (χ1n) is 6.19. The van der Waals surface area contributed by atoms with Crippen molar-refractivity contribution in [2.75, 3.05) is 0 Å². The van der Waals surface area contributed by atoms with E-state index in [1.54, 1.807) is 13.0 Å². The molecule has 2 rings (SSSR count). The lowest BCUT2D eigenvalue weighted by Gasteiger charge is -2.19. The van der Waals surface area contributed by atoms with Gasteiger partial charge < -0.3 is 5.32 Å². The van der Waals surface area contributed by atoms with E-state index < -0.39 is 0 Å². The number of benzene rings is 1. The van der Waals surface area contributed by atoms with Gasteiger partial charge in [-0.3, -0.25) is 0 Å². The molecule has 19 heavy (non-hydrogen) atoms. The minimum Gasteiger partial charge on any atom is -0.306 e. The van der Waals surface area contributed by atoms with Crippen LogP contribution in [-0.4, -0.2) is 15.7 Å². The summed E-state index contributed by atoms with van der Waals surface area (Å²) in [6, 6.07) is 5.15. The summed E-state index contributed by atoms with van der Waals surface area (Å²) in [7, 11) is 0. The molecule has 0 fully saturated rings. The average molecular weight is 279 g/mol. The van der Waals surface area contributed by atoms with Gasteiger partial charge in [0.2, 0.25) is 0 Å². The van der Waals surface area contributed by atoms with Crippen LogP contribution in [0.5, 0.6) is 0 Å². The van der Waals surface area contributed by atoms with Gasteiger partial charge in [-0.2, -0.15) is 0 Å². The minimum atomic E-state index is -0.206. The molecule has 0 atom stereocenters. The van der Waals surface area contributed by atoms with Crippen LogP contribution in [0.1, 0.15) is 31.3 Å². The molecule has 0 radical (unpaired) electrons. The first kappa shape index (κ1) is 14.1. The Kier molecular flexibility index (Phi) is 3.96. The lowest BCUT2D eigenvalue weighted by molar-refractivity contribution is 0.423. The van der Waals surface area contributed by atoms with Crippen LogP contribution < -0.4 is 5.32 Å². The van der Waals surface area contributed by atoms with E-state index in [1.165, 1.54) is 17.4 Å². The van der Waals surface area contributed by atoms with Gasteiger partial charge in [-0.05, 0) is 39.3 Å². The summed E-state index contributed by atoms with van der Waals surface area (Å²) in [5.74, 6) is -0.206. The molecule has 0 aliphatic heterocycles. The van der Waals surface area contributed by atoms with Crippen molar-refractivity contribution in [1.82, 2.24) is 15.5 Å². The van der Waals surface area contributed by atoms with E-state index in [2.05, 4.69) is 36.3 Å². The second kappa shape index (κ2) is 5.35. The molecule has 2 aromatic rings. The molecule has 1 aromatic heterocycles. The molecule has 0 spiro atoms. The quantitative estimate of drug-likeness (QED) is 0.934. The summed E-state index contributed by atoms with van der Waals surface area (Å²) in [6.07, 6.45) is 0. The Morgan fingerprint density at radius 2 is 2.00 bits per heavy atom. The predicted molar refractivity (Wildman–Crippen MR) is 76.6 cm³/mol. The number of hydrogen-bond donors (Lipinski definition) is 1. The Labute approximate surface area is 116 Å². The summed E-state index contributed by atoms with van der Waals surface area (Å²) in [5.41, 5.74) is 1.47. The summed E-state index contributed by atoms with van der Waals surface area (Å²) < 4.78 is 13.5. The summed E-state index contributed by atoms with van der Waals surface area (Å²) >= 11 is 1.49. The number of halogens is 1. The van der Waals surface area contributed by atoms with Gasteiger partial charge in [-0.25, -0.2) is 4.39 Å². The van der Waals surface area contributed by atoms with Crippen molar-refractivity contribution in [3.05, 3.63) is 34.6 Å². The number of rotatable bonds is 3. The lowest BCUT2D eigenvalue weighted by atomic mass is 10.1. The van der Waals surface area contributed by atoms with Gasteiger partial charge in [0.25, 0.3) is 0 Å². The van der Waals surface area contributed by atoms with E-state index in [-0.39, 0.29) is 11.4 Å². The Morgan fingerprint density at radius 1 is 1.26 bits per heavy atom. The molecule has 102 valence electrons. The molecule has 3 nitrogen and oxygen atoms in total. The van der Waals surface area contributed by atoms with Gasteiger partial charge >= 0.3 is 0 Å². The van der Waals surface area contributed by atoms with E-state index in [0.29, 0.717) is 12.1 Å². The molecule has 0 amide bonds. The maximum absolute atomic E-state index is 13.5. The van der Waals surface area contributed by atoms with Crippen molar-refractivity contribution in [1.29, 1.82) is 0 Å². The summed E-state index contributed by atoms with van der Waals surface area (Å²) in [4.78, 5) is 0. The molecule has 0 aliphatic carbocycles. The molecule has 1 heterocycles. The number of hydrogen-bond acceptors (Lipinski definition) is 4. The fraction of sp³-hybridized carbons (Fsp3) is 0.429. The Balaban J connectivity index is 2.14. The van der Waals surface area contributed by atoms with Crippen LogP contribution in [-0.2, 0) is 6.54 Å². The van der Waals surface area contributed by atoms with Gasteiger partial charge in [-0.1, -0.05) is 23.5 Å². The molecule has 1 aromatic carbocycles. The van der Waals surface area contributed by atoms with Gasteiger partial charge in [-0.15, -0.1) is 10.2 Å². The normalized spacial score (nSPS) is 11.8. The molecule has 0 saturated carbocycles. The van der Waals surface area contributed by atoms with E-state index in [1.807, 2.05) is 6.07 Å². The van der Waals surface area contributed by atoms with Gasteiger partial charge in [0.15, 0.2) is 0 Å². The Hall–Kier alpha value is -1.33. The molecular formula is C14H18FN3S. The molecule has 5 heteroatoms. The monoisotopic (exact) mass is 279 g/mol. The van der Waals surface area contributed by atoms with E-state index in [9.17, 15) is 4.39 Å². The number of nitrogens with one attached hydrogen (secondary N) is 1. The SMILES string of the molecule is Cc1ccc(-c2nnc(CNC(C)(C)C)s2)cc1F. The second-order valence-electron chi connectivity index (χ2n) is 5.57. The van der Waals surface area contributed by atoms with Crippen molar-refractivity contribution < 1.29 is 4.39 Å². The maximum atomic E-state index is 13.5. The Morgan fingerprint density at radius 3 is 2.63 bits per heavy atom. The van der Waals surface area contributed by atoms with E-state index in [0.717, 1.165) is 15.6 Å². The van der Waals surface area contributed by atoms with E-state index in [4.69, 9.17) is 0 Å². The third kappa shape index (κ3) is 3.81. The zero-order valence-electron chi connectivity index (χ0n) is 11.6. The molecule has 0 saturated heterocycles. The highest BCUT2D eigenvalue weighted by molar-refractivity contribution is 7.14. The van der Waals surface area contributed by atoms with Crippen molar-refractivity contribution in [3.63, 3.8) is 0 Å². The smallest absolute Gasteiger partial charge is 0.147 e. The van der Waals surface area contributed by atoms with Gasteiger partial charge in [0, 0.05) is 11.1 Å². The van der Waals surface area contributed by atoms with E-state index >= 15 is 0 Å². The standard InChI is InChI=1S/C14H18FN3S/c1-9-5-6-10(7-11(9)15)13-18-17-12(19-13)8-16-14(2,3)4/h5-7,16H,8H2,1-4H3. The fourth-order valence-electron chi connectivity index (χ4n) is 1.51. The van der Waals surface area contributed by atoms with Gasteiger partial charge in [0.05, 0.1) is 6.54 Å². The average Bonchev–Trinajstić information content (AvgIpc) is 2.78. The second-order valence-corrected chi connectivity index (χ2v) is 6.63. The molecule has 1 N–H and O–H groups in total. The van der Waals surface area contributed by atoms with Crippen molar-refractivity contribution in [2.45, 2.75) is 39.8 Å². The number of nitrogens with zero attached hydrogens (tertiary/aromatic N) is 2. The largest absolute Gasteiger partial charge is 0.306 e. The highest BCUT2D eigenvalue weighted by Crippen LogP contribution is 2.25. The first-order chi connectivity index (χ1) is 8.85. The van der Waals surface area contributed by atoms with Crippen molar-refractivity contribution >= 4 is 11.3 Å². The third-order valence-corrected chi connectivity index (χ3v) is 3.63. The third-order valence-electron chi connectivity index (χ3n) is 2.66. The van der Waals surface area contributed by atoms with Crippen LogP contribution in [0.15, 0.2) is 18.2 Å². The first-order valence-corrected chi connectivity index (χ1v) is 7.01. The predicted octanol–water partition coefficient (Wildman–Crippen LogP) is 3.54. The Bertz CT molecular complexity index is 572. The molecule has 0 aliphatic rings. The molecular weight excluding hydrogens is 261 g/mol. The van der Waals surface area contributed by atoms with Crippen LogP contribution in [0.3, 0.4) is 0 Å². The minimum absolute atomic E-state index is 0.0435. The van der Waals surface area contributed by atoms with Crippen LogP contribution in [0.2, 0.25) is 0 Å². The van der Waals surface area contributed by atoms with Crippen LogP contribution >= 0.6 is 11.3 Å². The summed E-state index contributed by atoms with van der Waals surface area (Å²) in [5, 5.41) is 13.3. The van der Waals surface area contributed by atoms with Crippen LogP contribution in [0, 0.1) is 12.7 Å². The zero-order valence-corrected chi connectivity index (χ0v) is 12.4. The molecule has 0 bridgehead atoms. The van der Waals surface area contributed by atoms with Crippen LogP contribution in [0.4, 0.5) is 4.39 Å². The zero-order chi connectivity index (χ0) is 14.0. The van der Waals surface area contributed by atoms with Crippen molar-refractivity contribution in [2.24, 2.45) is 0 Å². The fourth-order valence-corrected chi connectivity index (χ4v) is 2.28. The summed E-state index contributed by atoms with van der Waals surface area (Å²) in [6.45, 7) is 8.73. The lowest BCUT2D eigenvalue weighted by Crippen LogP contribution is -2.35. The van der Waals surface area contributed by atoms with Crippen molar-refractivity contribution in [3.8, 4) is 10.6 Å². The van der Waals surface area contributed by atoms with Crippen LogP contribution in [0.25, 0.3) is 10.6 Å². The molecule has 0 unspecified atom stereocenters.